The number of rotatable bonds is 0. The quantitative estimate of drug-likeness (QED) is 0.545. The van der Waals surface area contributed by atoms with Gasteiger partial charge in [-0.05, 0) is 6.42 Å². The Morgan fingerprint density at radius 3 is 2.27 bits per heavy atom. The van der Waals surface area contributed by atoms with E-state index >= 15 is 0 Å². The van der Waals surface area contributed by atoms with Gasteiger partial charge in [0.1, 0.15) is 0 Å². The molecule has 0 N–H and O–H groups in total. The highest BCUT2D eigenvalue weighted by molar-refractivity contribution is 7.58. The van der Waals surface area contributed by atoms with Crippen LogP contribution in [0.4, 0.5) is 13.2 Å². The van der Waals surface area contributed by atoms with E-state index < -0.39 is 19.6 Å². The van der Waals surface area contributed by atoms with Crippen molar-refractivity contribution in [3.63, 3.8) is 0 Å². The number of hydrogen-bond donors (Lipinski definition) is 0. The van der Waals surface area contributed by atoms with E-state index in [9.17, 15) is 17.7 Å². The first kappa shape index (κ1) is 9.07. The fourth-order valence-electron chi connectivity index (χ4n) is 0.950. The highest BCUT2D eigenvalue weighted by Crippen LogP contribution is 2.53. The zero-order valence-electron chi connectivity index (χ0n) is 5.89. The van der Waals surface area contributed by atoms with E-state index in [2.05, 4.69) is 4.52 Å². The summed E-state index contributed by atoms with van der Waals surface area (Å²) in [5.41, 5.74) is 0. The van der Waals surface area contributed by atoms with Gasteiger partial charge in [0.15, 0.2) is 6.10 Å². The summed E-state index contributed by atoms with van der Waals surface area (Å²) >= 11 is 0. The van der Waals surface area contributed by atoms with E-state index in [0.717, 1.165) is 0 Å². The van der Waals surface area contributed by atoms with Gasteiger partial charge in [0, 0.05) is 12.8 Å². The van der Waals surface area contributed by atoms with Crippen molar-refractivity contribution >= 4 is 7.37 Å². The molecule has 0 saturated carbocycles. The molecule has 2 atom stereocenters. The lowest BCUT2D eigenvalue weighted by Crippen LogP contribution is -2.27. The molecule has 1 saturated heterocycles. The maximum absolute atomic E-state index is 11.9. The van der Waals surface area contributed by atoms with Gasteiger partial charge in [0.25, 0.3) is 0 Å². The number of alkyl halides is 3. The molecule has 0 amide bonds. The van der Waals surface area contributed by atoms with Gasteiger partial charge in [-0.2, -0.15) is 13.2 Å². The smallest absolute Gasteiger partial charge is 0.316 e. The maximum Gasteiger partial charge on any atom is 0.415 e. The molecule has 0 bridgehead atoms. The van der Waals surface area contributed by atoms with Crippen LogP contribution in [0, 0.1) is 0 Å². The van der Waals surface area contributed by atoms with Gasteiger partial charge in [0.2, 0.25) is 7.37 Å². The summed E-state index contributed by atoms with van der Waals surface area (Å²) in [5.74, 6) is 0. The Hall–Kier alpha value is -0.0200. The Labute approximate surface area is 62.2 Å². The van der Waals surface area contributed by atoms with Crippen molar-refractivity contribution in [2.24, 2.45) is 0 Å². The third kappa shape index (κ3) is 2.20. The van der Waals surface area contributed by atoms with Crippen molar-refractivity contribution < 1.29 is 22.3 Å². The maximum atomic E-state index is 11.9. The predicted molar refractivity (Wildman–Crippen MR) is 33.9 cm³/mol. The number of halogens is 3. The van der Waals surface area contributed by atoms with Gasteiger partial charge in [-0.15, -0.1) is 0 Å². The zero-order chi connectivity index (χ0) is 8.70. The van der Waals surface area contributed by atoms with E-state index in [0.29, 0.717) is 0 Å². The average molecular weight is 188 g/mol. The van der Waals surface area contributed by atoms with Gasteiger partial charge in [-0.25, -0.2) is 0 Å². The van der Waals surface area contributed by atoms with Crippen LogP contribution in [0.2, 0.25) is 0 Å². The van der Waals surface area contributed by atoms with E-state index in [1.807, 2.05) is 0 Å². The Kier molecular flexibility index (Phi) is 2.05. The molecule has 6 heteroatoms. The van der Waals surface area contributed by atoms with Crippen molar-refractivity contribution in [1.29, 1.82) is 0 Å². The second-order valence-electron chi connectivity index (χ2n) is 2.66. The van der Waals surface area contributed by atoms with Crippen LogP contribution in [0.1, 0.15) is 6.42 Å². The van der Waals surface area contributed by atoms with Crippen LogP contribution < -0.4 is 0 Å². The Bertz CT molecular complexity index is 200. The van der Waals surface area contributed by atoms with Crippen molar-refractivity contribution in [1.82, 2.24) is 0 Å². The second kappa shape index (κ2) is 2.49. The molecule has 66 valence electrons. The summed E-state index contributed by atoms with van der Waals surface area (Å²) in [5, 5.41) is 0. The molecule has 0 aromatic carbocycles. The third-order valence-corrected chi connectivity index (χ3v) is 3.28. The lowest BCUT2D eigenvalue weighted by atomic mass is 10.3. The summed E-state index contributed by atoms with van der Waals surface area (Å²) < 4.78 is 50.9. The lowest BCUT2D eigenvalue weighted by Gasteiger charge is -2.13. The minimum absolute atomic E-state index is 0.0389. The van der Waals surface area contributed by atoms with Gasteiger partial charge >= 0.3 is 6.18 Å². The molecule has 11 heavy (non-hydrogen) atoms. The van der Waals surface area contributed by atoms with Gasteiger partial charge in [0.05, 0.1) is 0 Å². The molecule has 1 fully saturated rings. The van der Waals surface area contributed by atoms with Crippen molar-refractivity contribution in [2.45, 2.75) is 18.7 Å². The fourth-order valence-corrected chi connectivity index (χ4v) is 2.52. The van der Waals surface area contributed by atoms with Crippen LogP contribution in [0.3, 0.4) is 0 Å². The molecule has 0 aliphatic carbocycles. The summed E-state index contributed by atoms with van der Waals surface area (Å²) in [6.07, 6.45) is -6.30. The molecule has 0 aromatic heterocycles. The van der Waals surface area contributed by atoms with Crippen LogP contribution in [0.25, 0.3) is 0 Å². The van der Waals surface area contributed by atoms with Crippen LogP contribution in [0.15, 0.2) is 0 Å². The van der Waals surface area contributed by atoms with Gasteiger partial charge < -0.3 is 4.52 Å². The molecule has 0 spiro atoms. The fraction of sp³-hybridized carbons (Fsp3) is 1.00. The molecule has 0 radical (unpaired) electrons. The first-order chi connectivity index (χ1) is 4.81. The minimum atomic E-state index is -4.36. The van der Waals surface area contributed by atoms with Crippen LogP contribution >= 0.6 is 7.37 Å². The first-order valence-corrected chi connectivity index (χ1v) is 5.39. The third-order valence-electron chi connectivity index (χ3n) is 1.51. The average Bonchev–Trinajstić information content (AvgIpc) is 2.07. The predicted octanol–water partition coefficient (Wildman–Crippen LogP) is 2.25. The second-order valence-corrected chi connectivity index (χ2v) is 5.35. The van der Waals surface area contributed by atoms with Crippen molar-refractivity contribution in [3.05, 3.63) is 0 Å². The highest BCUT2D eigenvalue weighted by atomic mass is 31.2. The number of hydrogen-bond acceptors (Lipinski definition) is 2. The highest BCUT2D eigenvalue weighted by Gasteiger charge is 2.47. The topological polar surface area (TPSA) is 26.3 Å². The molecule has 2 unspecified atom stereocenters. The van der Waals surface area contributed by atoms with E-state index in [1.165, 1.54) is 6.66 Å². The van der Waals surface area contributed by atoms with Crippen molar-refractivity contribution in [3.8, 4) is 0 Å². The van der Waals surface area contributed by atoms with E-state index in [4.69, 9.17) is 0 Å². The lowest BCUT2D eigenvalue weighted by molar-refractivity contribution is -0.190. The first-order valence-electron chi connectivity index (χ1n) is 3.13. The molecule has 2 nitrogen and oxygen atoms in total. The van der Waals surface area contributed by atoms with Gasteiger partial charge in [-0.1, -0.05) is 0 Å². The summed E-state index contributed by atoms with van der Waals surface area (Å²) in [4.78, 5) is 0. The zero-order valence-corrected chi connectivity index (χ0v) is 6.78. The van der Waals surface area contributed by atoms with Crippen LogP contribution in [-0.4, -0.2) is 25.1 Å². The molecule has 0 aromatic rings. The Morgan fingerprint density at radius 1 is 1.55 bits per heavy atom. The van der Waals surface area contributed by atoms with E-state index in [-0.39, 0.29) is 12.6 Å². The van der Waals surface area contributed by atoms with Crippen molar-refractivity contribution in [2.75, 3.05) is 12.8 Å². The summed E-state index contributed by atoms with van der Waals surface area (Å²) in [6, 6.07) is 0. The minimum Gasteiger partial charge on any atom is -0.316 e. The van der Waals surface area contributed by atoms with Gasteiger partial charge in [-0.3, -0.25) is 4.57 Å². The molecular weight excluding hydrogens is 180 g/mol. The molecule has 1 heterocycles. The normalized spacial score (nSPS) is 39.5. The van der Waals surface area contributed by atoms with E-state index in [1.54, 1.807) is 0 Å². The summed E-state index contributed by atoms with van der Waals surface area (Å²) in [7, 11) is -2.92. The monoisotopic (exact) mass is 188 g/mol. The molecule has 1 aliphatic heterocycles. The molecular formula is C5H8F3O2P. The summed E-state index contributed by atoms with van der Waals surface area (Å²) in [6.45, 7) is 1.23. The SMILES string of the molecule is CP1(=O)CCC(C(F)(F)F)O1. The molecule has 1 aliphatic rings. The Balaban J connectivity index is 2.63. The standard InChI is InChI=1S/C5H8F3O2P/c1-11(9)3-2-4(10-11)5(6,7)8/h4H,2-3H2,1H3. The largest absolute Gasteiger partial charge is 0.415 e. The molecule has 1 rings (SSSR count). The van der Waals surface area contributed by atoms with Crippen LogP contribution in [0.5, 0.6) is 0 Å². The Morgan fingerprint density at radius 2 is 2.09 bits per heavy atom. The van der Waals surface area contributed by atoms with Crippen LogP contribution in [-0.2, 0) is 9.09 Å².